The first-order chi connectivity index (χ1) is 8.08. The zero-order chi connectivity index (χ0) is 12.4. The first-order valence-corrected chi connectivity index (χ1v) is 5.71. The smallest absolute Gasteiger partial charge is 0.133 e. The minimum atomic E-state index is -1.24. The maximum atomic E-state index is 13.5. The third-order valence-corrected chi connectivity index (χ3v) is 2.84. The third kappa shape index (κ3) is 2.73. The van der Waals surface area contributed by atoms with Crippen LogP contribution in [0.1, 0.15) is 17.2 Å². The Morgan fingerprint density at radius 3 is 2.47 bits per heavy atom. The lowest BCUT2D eigenvalue weighted by molar-refractivity contribution is 0.168. The molecule has 0 aliphatic heterocycles. The Labute approximate surface area is 105 Å². The van der Waals surface area contributed by atoms with Gasteiger partial charge in [-0.3, -0.25) is 0 Å². The van der Waals surface area contributed by atoms with Crippen LogP contribution in [0.4, 0.5) is 8.78 Å². The predicted octanol–water partition coefficient (Wildman–Crippen LogP) is 3.60. The van der Waals surface area contributed by atoms with Crippen molar-refractivity contribution in [2.75, 3.05) is 0 Å². The van der Waals surface area contributed by atoms with E-state index < -0.39 is 17.7 Å². The average Bonchev–Trinajstić information content (AvgIpc) is 2.68. The molecule has 0 fully saturated rings. The van der Waals surface area contributed by atoms with Gasteiger partial charge in [-0.05, 0) is 23.8 Å². The van der Waals surface area contributed by atoms with E-state index in [0.29, 0.717) is 10.0 Å². The predicted molar refractivity (Wildman–Crippen MR) is 61.4 cm³/mol. The summed E-state index contributed by atoms with van der Waals surface area (Å²) < 4.78 is 32.2. The van der Waals surface area contributed by atoms with Crippen LogP contribution in [-0.2, 0) is 6.42 Å². The van der Waals surface area contributed by atoms with Gasteiger partial charge in [-0.1, -0.05) is 15.9 Å². The summed E-state index contributed by atoms with van der Waals surface area (Å²) in [5.74, 6) is -1.54. The summed E-state index contributed by atoms with van der Waals surface area (Å²) in [5, 5.41) is 9.81. The van der Waals surface area contributed by atoms with Crippen LogP contribution in [0, 0.1) is 11.6 Å². The van der Waals surface area contributed by atoms with E-state index in [4.69, 9.17) is 4.42 Å². The molecule has 17 heavy (non-hydrogen) atoms. The van der Waals surface area contributed by atoms with Crippen LogP contribution in [0.25, 0.3) is 0 Å². The molecule has 0 amide bonds. The van der Waals surface area contributed by atoms with Gasteiger partial charge in [0, 0.05) is 10.9 Å². The van der Waals surface area contributed by atoms with Gasteiger partial charge in [-0.15, -0.1) is 0 Å². The second-order valence-corrected chi connectivity index (χ2v) is 4.55. The van der Waals surface area contributed by atoms with Crippen molar-refractivity contribution in [2.45, 2.75) is 12.5 Å². The van der Waals surface area contributed by atoms with Crippen molar-refractivity contribution in [1.82, 2.24) is 0 Å². The number of aliphatic hydroxyl groups is 1. The molecule has 90 valence electrons. The molecule has 1 N–H and O–H groups in total. The van der Waals surface area contributed by atoms with Crippen LogP contribution in [0.2, 0.25) is 0 Å². The van der Waals surface area contributed by atoms with Crippen molar-refractivity contribution < 1.29 is 18.3 Å². The van der Waals surface area contributed by atoms with Crippen molar-refractivity contribution in [3.8, 4) is 0 Å². The van der Waals surface area contributed by atoms with E-state index in [2.05, 4.69) is 15.9 Å². The van der Waals surface area contributed by atoms with Gasteiger partial charge in [0.15, 0.2) is 0 Å². The molecule has 1 aromatic heterocycles. The van der Waals surface area contributed by atoms with Gasteiger partial charge >= 0.3 is 0 Å². The first kappa shape index (κ1) is 12.3. The topological polar surface area (TPSA) is 33.4 Å². The summed E-state index contributed by atoms with van der Waals surface area (Å²) in [6, 6.07) is 3.88. The summed E-state index contributed by atoms with van der Waals surface area (Å²) in [4.78, 5) is 0. The van der Waals surface area contributed by atoms with E-state index >= 15 is 0 Å². The number of aliphatic hydroxyl groups excluding tert-OH is 1. The number of benzene rings is 1. The number of furan rings is 1. The molecular weight excluding hydrogens is 294 g/mol. The van der Waals surface area contributed by atoms with Crippen LogP contribution in [0.3, 0.4) is 0 Å². The highest BCUT2D eigenvalue weighted by molar-refractivity contribution is 9.10. The monoisotopic (exact) mass is 302 g/mol. The Balaban J connectivity index is 2.27. The molecule has 1 aromatic carbocycles. The summed E-state index contributed by atoms with van der Waals surface area (Å²) >= 11 is 2.98. The van der Waals surface area contributed by atoms with Gasteiger partial charge in [-0.25, -0.2) is 8.78 Å². The molecule has 0 aliphatic rings. The lowest BCUT2D eigenvalue weighted by Gasteiger charge is -2.12. The maximum Gasteiger partial charge on any atom is 0.133 e. The van der Waals surface area contributed by atoms with Gasteiger partial charge in [0.05, 0.1) is 24.2 Å². The molecule has 2 aromatic rings. The zero-order valence-electron chi connectivity index (χ0n) is 8.66. The standard InChI is InChI=1S/C12H9BrF2O2/c13-8-4-9(14)12(10(15)5-8)11(16)3-7-1-2-17-6-7/h1-2,4-6,11,16H,3H2. The van der Waals surface area contributed by atoms with Crippen LogP contribution in [0.5, 0.6) is 0 Å². The molecule has 1 unspecified atom stereocenters. The molecule has 1 atom stereocenters. The van der Waals surface area contributed by atoms with Crippen molar-refractivity contribution in [3.05, 3.63) is 58.0 Å². The van der Waals surface area contributed by atoms with Gasteiger partial charge in [-0.2, -0.15) is 0 Å². The number of halogens is 3. The highest BCUT2D eigenvalue weighted by Crippen LogP contribution is 2.27. The Morgan fingerprint density at radius 1 is 1.29 bits per heavy atom. The van der Waals surface area contributed by atoms with Crippen LogP contribution in [0.15, 0.2) is 39.6 Å². The second-order valence-electron chi connectivity index (χ2n) is 3.63. The number of rotatable bonds is 3. The largest absolute Gasteiger partial charge is 0.472 e. The zero-order valence-corrected chi connectivity index (χ0v) is 10.2. The summed E-state index contributed by atoms with van der Waals surface area (Å²) in [6.45, 7) is 0. The summed E-state index contributed by atoms with van der Waals surface area (Å²) in [6.07, 6.45) is 1.74. The van der Waals surface area contributed by atoms with E-state index in [-0.39, 0.29) is 12.0 Å². The van der Waals surface area contributed by atoms with Gasteiger partial charge in [0.25, 0.3) is 0 Å². The van der Waals surface area contributed by atoms with Crippen LogP contribution >= 0.6 is 15.9 Å². The molecule has 5 heteroatoms. The highest BCUT2D eigenvalue weighted by Gasteiger charge is 2.19. The first-order valence-electron chi connectivity index (χ1n) is 4.91. The molecule has 0 aliphatic carbocycles. The molecule has 0 spiro atoms. The quantitative estimate of drug-likeness (QED) is 0.940. The summed E-state index contributed by atoms with van der Waals surface area (Å²) in [5.41, 5.74) is 0.355. The average molecular weight is 303 g/mol. The van der Waals surface area contributed by atoms with Crippen LogP contribution < -0.4 is 0 Å². The molecular formula is C12H9BrF2O2. The Morgan fingerprint density at radius 2 is 1.94 bits per heavy atom. The van der Waals surface area contributed by atoms with E-state index in [1.165, 1.54) is 12.5 Å². The Kier molecular flexibility index (Phi) is 3.59. The van der Waals surface area contributed by atoms with Crippen molar-refractivity contribution in [2.24, 2.45) is 0 Å². The lowest BCUT2D eigenvalue weighted by Crippen LogP contribution is -2.07. The number of hydrogen-bond acceptors (Lipinski definition) is 2. The fourth-order valence-electron chi connectivity index (χ4n) is 1.61. The van der Waals surface area contributed by atoms with E-state index in [1.807, 2.05) is 0 Å². The summed E-state index contributed by atoms with van der Waals surface area (Å²) in [7, 11) is 0. The molecule has 0 radical (unpaired) electrons. The molecule has 2 rings (SSSR count). The minimum absolute atomic E-state index is 0.103. The fraction of sp³-hybridized carbons (Fsp3) is 0.167. The Hall–Kier alpha value is -1.20. The molecule has 2 nitrogen and oxygen atoms in total. The molecule has 1 heterocycles. The van der Waals surface area contributed by atoms with Crippen molar-refractivity contribution in [1.29, 1.82) is 0 Å². The molecule has 0 saturated heterocycles. The normalized spacial score (nSPS) is 12.7. The van der Waals surface area contributed by atoms with Crippen LogP contribution in [-0.4, -0.2) is 5.11 Å². The molecule has 0 saturated carbocycles. The van der Waals surface area contributed by atoms with Gasteiger partial charge in [0.1, 0.15) is 11.6 Å². The second kappa shape index (κ2) is 4.98. The van der Waals surface area contributed by atoms with Gasteiger partial charge < -0.3 is 9.52 Å². The lowest BCUT2D eigenvalue weighted by atomic mass is 10.0. The van der Waals surface area contributed by atoms with Crippen molar-refractivity contribution >= 4 is 15.9 Å². The fourth-order valence-corrected chi connectivity index (χ4v) is 2.01. The molecule has 0 bridgehead atoms. The number of hydrogen-bond donors (Lipinski definition) is 1. The van der Waals surface area contributed by atoms with E-state index in [9.17, 15) is 13.9 Å². The Bertz CT molecular complexity index is 488. The van der Waals surface area contributed by atoms with Crippen molar-refractivity contribution in [3.63, 3.8) is 0 Å². The SMILES string of the molecule is OC(Cc1ccoc1)c1c(F)cc(Br)cc1F. The van der Waals surface area contributed by atoms with E-state index in [1.54, 1.807) is 6.07 Å². The van der Waals surface area contributed by atoms with Gasteiger partial charge in [0.2, 0.25) is 0 Å². The highest BCUT2D eigenvalue weighted by atomic mass is 79.9. The minimum Gasteiger partial charge on any atom is -0.472 e. The van der Waals surface area contributed by atoms with E-state index in [0.717, 1.165) is 12.1 Å². The third-order valence-electron chi connectivity index (χ3n) is 2.39. The maximum absolute atomic E-state index is 13.5.